The molecule has 0 aromatic heterocycles. The first-order chi connectivity index (χ1) is 7.77. The summed E-state index contributed by atoms with van der Waals surface area (Å²) in [5.41, 5.74) is -1.27. The molecule has 1 aromatic carbocycles. The molecule has 0 N–H and O–H groups in total. The molecule has 1 rings (SSSR count). The number of benzene rings is 1. The van der Waals surface area contributed by atoms with Crippen molar-refractivity contribution in [2.75, 3.05) is 6.61 Å². The van der Waals surface area contributed by atoms with Crippen LogP contribution in [0.3, 0.4) is 0 Å². The van der Waals surface area contributed by atoms with Crippen molar-refractivity contribution in [2.45, 2.75) is 13.1 Å². The Balaban J connectivity index is 3.23. The van der Waals surface area contributed by atoms with Crippen molar-refractivity contribution >= 4 is 29.2 Å². The molecule has 7 heteroatoms. The molecule has 0 bridgehead atoms. The highest BCUT2D eigenvalue weighted by Crippen LogP contribution is 2.40. The monoisotopic (exact) mass is 286 g/mol. The lowest BCUT2D eigenvalue weighted by atomic mass is 10.1. The van der Waals surface area contributed by atoms with Crippen molar-refractivity contribution in [2.24, 2.45) is 0 Å². The molecule has 0 spiro atoms. The van der Waals surface area contributed by atoms with Crippen LogP contribution in [0.5, 0.6) is 0 Å². The average molecular weight is 287 g/mol. The van der Waals surface area contributed by atoms with Crippen molar-refractivity contribution in [3.63, 3.8) is 0 Å². The summed E-state index contributed by atoms with van der Waals surface area (Å²) >= 11 is 10.9. The molecule has 0 aliphatic rings. The van der Waals surface area contributed by atoms with E-state index in [9.17, 15) is 18.0 Å². The molecule has 0 amide bonds. The molecule has 0 saturated carbocycles. The molecule has 0 radical (unpaired) electrons. The first-order valence-electron chi connectivity index (χ1n) is 4.50. The second-order valence-electron chi connectivity index (χ2n) is 3.03. The maximum absolute atomic E-state index is 12.5. The number of ether oxygens (including phenoxy) is 1. The maximum atomic E-state index is 12.5. The Morgan fingerprint density at radius 1 is 1.29 bits per heavy atom. The van der Waals surface area contributed by atoms with E-state index < -0.39 is 27.8 Å². The van der Waals surface area contributed by atoms with E-state index in [0.717, 1.165) is 12.1 Å². The zero-order valence-electron chi connectivity index (χ0n) is 8.57. The van der Waals surface area contributed by atoms with E-state index >= 15 is 0 Å². The number of hydrogen-bond donors (Lipinski definition) is 0. The highest BCUT2D eigenvalue weighted by Gasteiger charge is 2.36. The van der Waals surface area contributed by atoms with Gasteiger partial charge >= 0.3 is 12.1 Å². The minimum atomic E-state index is -4.67. The molecule has 0 aliphatic heterocycles. The van der Waals surface area contributed by atoms with Crippen LogP contribution in [0, 0.1) is 0 Å². The van der Waals surface area contributed by atoms with Crippen molar-refractivity contribution in [3.8, 4) is 0 Å². The standard InChI is InChI=1S/C10H7Cl2F3O2/c1-2-17-9(16)5-3-6(11)8(7(12)4-5)10(13,14)15/h3-4H,2H2,1H3. The van der Waals surface area contributed by atoms with Gasteiger partial charge in [0.15, 0.2) is 0 Å². The van der Waals surface area contributed by atoms with Crippen LogP contribution in [0.1, 0.15) is 22.8 Å². The number of carbonyl (C=O) groups is 1. The summed E-state index contributed by atoms with van der Waals surface area (Å²) < 4.78 is 42.1. The van der Waals surface area contributed by atoms with Gasteiger partial charge in [0, 0.05) is 0 Å². The van der Waals surface area contributed by atoms with Gasteiger partial charge in [-0.1, -0.05) is 23.2 Å². The largest absolute Gasteiger partial charge is 0.462 e. The zero-order valence-corrected chi connectivity index (χ0v) is 10.1. The molecular formula is C10H7Cl2F3O2. The summed E-state index contributed by atoms with van der Waals surface area (Å²) in [6, 6.07) is 1.77. The lowest BCUT2D eigenvalue weighted by Gasteiger charge is -2.12. The Kier molecular flexibility index (Phi) is 4.27. The second-order valence-corrected chi connectivity index (χ2v) is 3.85. The number of alkyl halides is 3. The fraction of sp³-hybridized carbons (Fsp3) is 0.300. The lowest BCUT2D eigenvalue weighted by Crippen LogP contribution is -2.10. The smallest absolute Gasteiger partial charge is 0.419 e. The first kappa shape index (κ1) is 14.1. The zero-order chi connectivity index (χ0) is 13.2. The minimum Gasteiger partial charge on any atom is -0.462 e. The van der Waals surface area contributed by atoms with Gasteiger partial charge in [-0.2, -0.15) is 13.2 Å². The Hall–Kier alpha value is -0.940. The Bertz CT molecular complexity index is 421. The van der Waals surface area contributed by atoms with Crippen LogP contribution in [0.4, 0.5) is 13.2 Å². The summed E-state index contributed by atoms with van der Waals surface area (Å²) in [5, 5.41) is -1.26. The number of carbonyl (C=O) groups excluding carboxylic acids is 1. The molecule has 94 valence electrons. The summed E-state index contributed by atoms with van der Waals surface area (Å²) in [6.45, 7) is 1.68. The van der Waals surface area contributed by atoms with Gasteiger partial charge in [-0.15, -0.1) is 0 Å². The summed E-state index contributed by atoms with van der Waals surface area (Å²) in [7, 11) is 0. The highest BCUT2D eigenvalue weighted by atomic mass is 35.5. The van der Waals surface area contributed by atoms with Gasteiger partial charge in [-0.25, -0.2) is 4.79 Å². The summed E-state index contributed by atoms with van der Waals surface area (Å²) in [4.78, 5) is 11.3. The summed E-state index contributed by atoms with van der Waals surface area (Å²) in [6.07, 6.45) is -4.67. The van der Waals surface area contributed by atoms with Crippen molar-refractivity contribution < 1.29 is 22.7 Å². The van der Waals surface area contributed by atoms with Crippen LogP contribution in [-0.2, 0) is 10.9 Å². The van der Waals surface area contributed by atoms with Gasteiger partial charge in [-0.3, -0.25) is 0 Å². The highest BCUT2D eigenvalue weighted by molar-refractivity contribution is 6.36. The fourth-order valence-corrected chi connectivity index (χ4v) is 1.88. The van der Waals surface area contributed by atoms with E-state index in [2.05, 4.69) is 4.74 Å². The van der Waals surface area contributed by atoms with Crippen LogP contribution in [0.25, 0.3) is 0 Å². The van der Waals surface area contributed by atoms with Crippen molar-refractivity contribution in [1.29, 1.82) is 0 Å². The van der Waals surface area contributed by atoms with Crippen LogP contribution in [-0.4, -0.2) is 12.6 Å². The fourth-order valence-electron chi connectivity index (χ4n) is 1.18. The van der Waals surface area contributed by atoms with E-state index in [1.165, 1.54) is 0 Å². The van der Waals surface area contributed by atoms with E-state index in [0.29, 0.717) is 0 Å². The van der Waals surface area contributed by atoms with Crippen LogP contribution < -0.4 is 0 Å². The van der Waals surface area contributed by atoms with Gasteiger partial charge in [0.1, 0.15) is 0 Å². The predicted molar refractivity (Wildman–Crippen MR) is 57.4 cm³/mol. The van der Waals surface area contributed by atoms with Gasteiger partial charge in [0.05, 0.1) is 27.8 Å². The van der Waals surface area contributed by atoms with Gasteiger partial charge in [-0.05, 0) is 19.1 Å². The van der Waals surface area contributed by atoms with E-state index in [-0.39, 0.29) is 12.2 Å². The average Bonchev–Trinajstić information content (AvgIpc) is 2.14. The summed E-state index contributed by atoms with van der Waals surface area (Å²) in [5.74, 6) is -0.773. The van der Waals surface area contributed by atoms with Crippen molar-refractivity contribution in [1.82, 2.24) is 0 Å². The van der Waals surface area contributed by atoms with Crippen molar-refractivity contribution in [3.05, 3.63) is 33.3 Å². The van der Waals surface area contributed by atoms with Crippen LogP contribution in [0.2, 0.25) is 10.0 Å². The molecule has 0 heterocycles. The number of rotatable bonds is 2. The number of hydrogen-bond acceptors (Lipinski definition) is 2. The molecule has 17 heavy (non-hydrogen) atoms. The molecule has 0 fully saturated rings. The van der Waals surface area contributed by atoms with E-state index in [4.69, 9.17) is 23.2 Å². The third-order valence-corrected chi connectivity index (χ3v) is 2.43. The Labute approximate surface area is 105 Å². The third kappa shape index (κ3) is 3.26. The molecule has 0 atom stereocenters. The molecule has 0 aliphatic carbocycles. The number of halogens is 5. The van der Waals surface area contributed by atoms with E-state index in [1.807, 2.05) is 0 Å². The molecule has 1 aromatic rings. The lowest BCUT2D eigenvalue weighted by molar-refractivity contribution is -0.137. The predicted octanol–water partition coefficient (Wildman–Crippen LogP) is 4.19. The molecule has 2 nitrogen and oxygen atoms in total. The third-order valence-electron chi connectivity index (χ3n) is 1.84. The quantitative estimate of drug-likeness (QED) is 0.762. The van der Waals surface area contributed by atoms with Crippen LogP contribution >= 0.6 is 23.2 Å². The maximum Gasteiger partial charge on any atom is 0.419 e. The normalized spacial score (nSPS) is 11.4. The first-order valence-corrected chi connectivity index (χ1v) is 5.26. The second kappa shape index (κ2) is 5.14. The topological polar surface area (TPSA) is 26.3 Å². The SMILES string of the molecule is CCOC(=O)c1cc(Cl)c(C(F)(F)F)c(Cl)c1. The van der Waals surface area contributed by atoms with Crippen LogP contribution in [0.15, 0.2) is 12.1 Å². The van der Waals surface area contributed by atoms with Gasteiger partial charge < -0.3 is 4.74 Å². The van der Waals surface area contributed by atoms with E-state index in [1.54, 1.807) is 6.92 Å². The van der Waals surface area contributed by atoms with Gasteiger partial charge in [0.2, 0.25) is 0 Å². The molecular weight excluding hydrogens is 280 g/mol. The molecule has 0 saturated heterocycles. The minimum absolute atomic E-state index is 0.106. The Morgan fingerprint density at radius 3 is 2.12 bits per heavy atom. The Morgan fingerprint density at radius 2 is 1.76 bits per heavy atom. The molecule has 0 unspecified atom stereocenters. The number of esters is 1. The van der Waals surface area contributed by atoms with Gasteiger partial charge in [0.25, 0.3) is 0 Å².